The van der Waals surface area contributed by atoms with Gasteiger partial charge in [-0.25, -0.2) is 8.42 Å². The van der Waals surface area contributed by atoms with Crippen molar-refractivity contribution in [3.8, 4) is 11.1 Å². The van der Waals surface area contributed by atoms with Gasteiger partial charge in [0.25, 0.3) is 11.8 Å². The molecule has 33 heavy (non-hydrogen) atoms. The highest BCUT2D eigenvalue weighted by Crippen LogP contribution is 2.39. The van der Waals surface area contributed by atoms with Crippen LogP contribution in [0, 0.1) is 0 Å². The van der Waals surface area contributed by atoms with E-state index in [1.165, 1.54) is 13.4 Å². The second-order valence-electron chi connectivity index (χ2n) is 7.94. The number of methoxy groups -OCH3 is 1. The molecule has 0 radical (unpaired) electrons. The lowest BCUT2D eigenvalue weighted by molar-refractivity contribution is -0.122. The number of carbonyl (C=O) groups is 2. The smallest absolute Gasteiger partial charge is 0.294 e. The molecule has 0 saturated heterocycles. The van der Waals surface area contributed by atoms with Gasteiger partial charge in [0.05, 0.1) is 28.6 Å². The van der Waals surface area contributed by atoms with Crippen molar-refractivity contribution in [1.82, 2.24) is 0 Å². The fraction of sp³-hybridized carbons (Fsp3) is 0.250. The molecule has 2 heterocycles. The second-order valence-corrected chi connectivity index (χ2v) is 9.95. The molecule has 4 rings (SSSR count). The van der Waals surface area contributed by atoms with Gasteiger partial charge in [0, 0.05) is 19.9 Å². The van der Waals surface area contributed by atoms with Crippen molar-refractivity contribution < 1.29 is 27.2 Å². The van der Waals surface area contributed by atoms with E-state index in [4.69, 9.17) is 9.15 Å². The van der Waals surface area contributed by atoms with Crippen LogP contribution in [0.1, 0.15) is 17.5 Å². The van der Waals surface area contributed by atoms with Gasteiger partial charge >= 0.3 is 0 Å². The minimum absolute atomic E-state index is 0.0788. The van der Waals surface area contributed by atoms with Crippen LogP contribution in [0.5, 0.6) is 0 Å². The molecule has 0 aliphatic carbocycles. The van der Waals surface area contributed by atoms with E-state index in [0.717, 1.165) is 17.4 Å². The lowest BCUT2D eigenvalue weighted by Crippen LogP contribution is -2.52. The summed E-state index contributed by atoms with van der Waals surface area (Å²) in [5.74, 6) is -0.314. The maximum Gasteiger partial charge on any atom is 0.294 e. The largest absolute Gasteiger partial charge is 0.459 e. The number of nitrogens with zero attached hydrogens (tertiary/aromatic N) is 2. The Morgan fingerprint density at radius 1 is 1.06 bits per heavy atom. The highest BCUT2D eigenvalue weighted by Gasteiger charge is 2.36. The Hall–Kier alpha value is -3.43. The maximum absolute atomic E-state index is 13.2. The molecule has 0 spiro atoms. The van der Waals surface area contributed by atoms with Crippen molar-refractivity contribution in [3.63, 3.8) is 0 Å². The molecular weight excluding hydrogens is 444 g/mol. The third-order valence-corrected chi connectivity index (χ3v) is 6.67. The number of sulfone groups is 1. The van der Waals surface area contributed by atoms with Gasteiger partial charge in [0.1, 0.15) is 6.61 Å². The molecule has 172 valence electrons. The van der Waals surface area contributed by atoms with Crippen molar-refractivity contribution >= 4 is 33.0 Å². The Labute approximate surface area is 192 Å². The molecule has 3 aromatic rings. The van der Waals surface area contributed by atoms with Crippen LogP contribution in [0.3, 0.4) is 0 Å². The van der Waals surface area contributed by atoms with E-state index in [1.54, 1.807) is 52.3 Å². The molecule has 0 N–H and O–H groups in total. The Kier molecular flexibility index (Phi) is 6.09. The van der Waals surface area contributed by atoms with Gasteiger partial charge < -0.3 is 19.0 Å². The van der Waals surface area contributed by atoms with Crippen molar-refractivity contribution in [2.75, 3.05) is 36.3 Å². The first-order valence-electron chi connectivity index (χ1n) is 10.3. The van der Waals surface area contributed by atoms with Gasteiger partial charge in [-0.15, -0.1) is 0 Å². The molecule has 0 bridgehead atoms. The summed E-state index contributed by atoms with van der Waals surface area (Å²) >= 11 is 0. The van der Waals surface area contributed by atoms with Crippen LogP contribution in [0.25, 0.3) is 11.1 Å². The fourth-order valence-corrected chi connectivity index (χ4v) is 4.63. The van der Waals surface area contributed by atoms with Crippen molar-refractivity contribution in [1.29, 1.82) is 0 Å². The predicted molar refractivity (Wildman–Crippen MR) is 124 cm³/mol. The molecule has 0 fully saturated rings. The van der Waals surface area contributed by atoms with Gasteiger partial charge in [-0.2, -0.15) is 0 Å². The number of hydrogen-bond donors (Lipinski definition) is 0. The Balaban J connectivity index is 1.81. The first kappa shape index (κ1) is 22.8. The molecule has 9 heteroatoms. The second kappa shape index (κ2) is 8.84. The summed E-state index contributed by atoms with van der Waals surface area (Å²) in [6.45, 7) is 2.07. The fourth-order valence-electron chi connectivity index (χ4n) is 4.00. The van der Waals surface area contributed by atoms with Crippen molar-refractivity contribution in [3.05, 3.63) is 66.6 Å². The molecule has 8 nitrogen and oxygen atoms in total. The number of rotatable bonds is 5. The highest BCUT2D eigenvalue weighted by atomic mass is 32.2. The summed E-state index contributed by atoms with van der Waals surface area (Å²) in [6, 6.07) is 15.0. The minimum atomic E-state index is -3.31. The molecule has 0 unspecified atom stereocenters. The molecule has 1 aliphatic rings. The lowest BCUT2D eigenvalue weighted by atomic mass is 10.0. The van der Waals surface area contributed by atoms with E-state index in [0.29, 0.717) is 11.4 Å². The number of carbonyl (C=O) groups excluding carboxylic acids is 2. The zero-order chi connectivity index (χ0) is 23.8. The molecule has 1 atom stereocenters. The Morgan fingerprint density at radius 3 is 2.36 bits per heavy atom. The predicted octanol–water partition coefficient (Wildman–Crippen LogP) is 3.38. The number of ether oxygens (including phenoxy) is 1. The zero-order valence-corrected chi connectivity index (χ0v) is 19.3. The number of furan rings is 1. The van der Waals surface area contributed by atoms with Gasteiger partial charge in [-0.3, -0.25) is 9.59 Å². The van der Waals surface area contributed by atoms with Crippen LogP contribution in [0.15, 0.2) is 70.2 Å². The minimum Gasteiger partial charge on any atom is -0.459 e. The number of anilines is 2. The van der Waals surface area contributed by atoms with E-state index in [1.807, 2.05) is 19.1 Å². The summed E-state index contributed by atoms with van der Waals surface area (Å²) < 4.78 is 33.9. The average molecular weight is 469 g/mol. The SMILES string of the molecule is COCC(=O)N1c2ccc(-c3ccc(S(C)(=O)=O)cc3)cc2N(C(=O)c2ccco2)C[C@@H]1C. The summed E-state index contributed by atoms with van der Waals surface area (Å²) in [5.41, 5.74) is 2.71. The van der Waals surface area contributed by atoms with Crippen LogP contribution in [0.4, 0.5) is 11.4 Å². The number of amides is 2. The van der Waals surface area contributed by atoms with Crippen LogP contribution >= 0.6 is 0 Å². The van der Waals surface area contributed by atoms with Crippen molar-refractivity contribution in [2.45, 2.75) is 17.9 Å². The first-order valence-corrected chi connectivity index (χ1v) is 12.2. The van der Waals surface area contributed by atoms with E-state index in [-0.39, 0.29) is 41.7 Å². The Morgan fingerprint density at radius 2 is 1.76 bits per heavy atom. The third kappa shape index (κ3) is 4.42. The van der Waals surface area contributed by atoms with Gasteiger partial charge in [-0.1, -0.05) is 18.2 Å². The standard InChI is InChI=1S/C24H24N2O6S/c1-16-14-25(24(28)22-5-4-12-32-22)21-13-18(8-11-20(21)26(16)23(27)15-31-2)17-6-9-19(10-7-17)33(3,29)30/h4-13,16H,14-15H2,1-3H3/t16-/m0/s1. The summed E-state index contributed by atoms with van der Waals surface area (Å²) in [6.07, 6.45) is 2.60. The van der Waals surface area contributed by atoms with E-state index < -0.39 is 9.84 Å². The molecule has 2 aromatic carbocycles. The van der Waals surface area contributed by atoms with Crippen LogP contribution in [-0.4, -0.2) is 52.8 Å². The van der Waals surface area contributed by atoms with E-state index in [9.17, 15) is 18.0 Å². The number of hydrogen-bond acceptors (Lipinski definition) is 6. The lowest BCUT2D eigenvalue weighted by Gasteiger charge is -2.41. The van der Waals surface area contributed by atoms with Gasteiger partial charge in [0.15, 0.2) is 15.6 Å². The quantitative estimate of drug-likeness (QED) is 0.570. The van der Waals surface area contributed by atoms with Crippen LogP contribution in [-0.2, 0) is 19.4 Å². The summed E-state index contributed by atoms with van der Waals surface area (Å²) in [7, 11) is -1.85. The molecule has 1 aromatic heterocycles. The van der Waals surface area contributed by atoms with Crippen LogP contribution in [0.2, 0.25) is 0 Å². The van der Waals surface area contributed by atoms with Gasteiger partial charge in [0.2, 0.25) is 0 Å². The van der Waals surface area contributed by atoms with Crippen molar-refractivity contribution in [2.24, 2.45) is 0 Å². The average Bonchev–Trinajstić information content (AvgIpc) is 3.32. The topological polar surface area (TPSA) is 97.1 Å². The molecular formula is C24H24N2O6S. The third-order valence-electron chi connectivity index (χ3n) is 5.54. The van der Waals surface area contributed by atoms with Gasteiger partial charge in [-0.05, 0) is 54.4 Å². The zero-order valence-electron chi connectivity index (χ0n) is 18.5. The monoisotopic (exact) mass is 468 g/mol. The first-order chi connectivity index (χ1) is 15.7. The number of fused-ring (bicyclic) bond motifs is 1. The maximum atomic E-state index is 13.2. The number of benzene rings is 2. The molecule has 2 amide bonds. The normalized spacial score (nSPS) is 15.9. The van der Waals surface area contributed by atoms with Crippen LogP contribution < -0.4 is 9.80 Å². The Bertz CT molecular complexity index is 1280. The summed E-state index contributed by atoms with van der Waals surface area (Å²) in [5, 5.41) is 0. The molecule has 1 aliphatic heterocycles. The van der Waals surface area contributed by atoms with E-state index >= 15 is 0 Å². The highest BCUT2D eigenvalue weighted by molar-refractivity contribution is 7.90. The summed E-state index contributed by atoms with van der Waals surface area (Å²) in [4.78, 5) is 29.5. The van der Waals surface area contributed by atoms with E-state index in [2.05, 4.69) is 0 Å². The molecule has 0 saturated carbocycles.